The van der Waals surface area contributed by atoms with Gasteiger partial charge in [0.15, 0.2) is 0 Å². The lowest BCUT2D eigenvalue weighted by Gasteiger charge is -2.41. The van der Waals surface area contributed by atoms with Crippen molar-refractivity contribution in [2.75, 3.05) is 19.7 Å². The van der Waals surface area contributed by atoms with Gasteiger partial charge in [-0.3, -0.25) is 4.90 Å². The van der Waals surface area contributed by atoms with Crippen molar-refractivity contribution in [3.8, 4) is 0 Å². The summed E-state index contributed by atoms with van der Waals surface area (Å²) in [5.41, 5.74) is 2.60. The van der Waals surface area contributed by atoms with Crippen LogP contribution in [0.1, 0.15) is 30.2 Å². The maximum atomic E-state index is 6.12. The van der Waals surface area contributed by atoms with Crippen LogP contribution in [0, 0.1) is 0 Å². The highest BCUT2D eigenvalue weighted by atomic mass is 16.5. The van der Waals surface area contributed by atoms with E-state index in [0.717, 1.165) is 19.7 Å². The Bertz CT molecular complexity index is 526. The molecule has 2 aromatic rings. The van der Waals surface area contributed by atoms with Gasteiger partial charge in [-0.25, -0.2) is 0 Å². The van der Waals surface area contributed by atoms with Gasteiger partial charge in [-0.1, -0.05) is 67.6 Å². The molecule has 1 aliphatic rings. The molecule has 1 heterocycles. The highest BCUT2D eigenvalue weighted by molar-refractivity contribution is 5.27. The van der Waals surface area contributed by atoms with Crippen LogP contribution >= 0.6 is 0 Å². The molecule has 0 spiro atoms. The Labute approximate surface area is 121 Å². The summed E-state index contributed by atoms with van der Waals surface area (Å²) in [7, 11) is 0. The van der Waals surface area contributed by atoms with Crippen molar-refractivity contribution in [1.82, 2.24) is 4.90 Å². The van der Waals surface area contributed by atoms with E-state index < -0.39 is 0 Å². The minimum Gasteiger partial charge on any atom is -0.370 e. The molecule has 20 heavy (non-hydrogen) atoms. The van der Waals surface area contributed by atoms with Crippen LogP contribution in [0.15, 0.2) is 60.7 Å². The number of likely N-dealkylation sites (N-methyl/N-ethyl adjacent to an activating group) is 1. The van der Waals surface area contributed by atoms with Gasteiger partial charge in [-0.05, 0) is 17.7 Å². The van der Waals surface area contributed by atoms with Crippen molar-refractivity contribution in [3.05, 3.63) is 71.8 Å². The fraction of sp³-hybridized carbons (Fsp3) is 0.333. The van der Waals surface area contributed by atoms with Crippen LogP contribution in [-0.4, -0.2) is 24.6 Å². The molecule has 1 saturated heterocycles. The van der Waals surface area contributed by atoms with Crippen molar-refractivity contribution < 1.29 is 4.74 Å². The van der Waals surface area contributed by atoms with Gasteiger partial charge in [-0.2, -0.15) is 0 Å². The minimum atomic E-state index is 0.118. The smallest absolute Gasteiger partial charge is 0.102 e. The maximum Gasteiger partial charge on any atom is 0.102 e. The van der Waals surface area contributed by atoms with Crippen molar-refractivity contribution in [3.63, 3.8) is 0 Å². The normalized spacial score (nSPS) is 23.6. The maximum absolute atomic E-state index is 6.12. The van der Waals surface area contributed by atoms with Gasteiger partial charge in [0.05, 0.1) is 12.6 Å². The fourth-order valence-electron chi connectivity index (χ4n) is 3.03. The number of hydrogen-bond acceptors (Lipinski definition) is 2. The van der Waals surface area contributed by atoms with Crippen molar-refractivity contribution in [2.24, 2.45) is 0 Å². The van der Waals surface area contributed by atoms with Crippen LogP contribution in [0.2, 0.25) is 0 Å². The fourth-order valence-corrected chi connectivity index (χ4v) is 3.03. The molecule has 2 nitrogen and oxygen atoms in total. The van der Waals surface area contributed by atoms with Crippen molar-refractivity contribution in [1.29, 1.82) is 0 Å². The monoisotopic (exact) mass is 267 g/mol. The molecule has 2 heteroatoms. The number of nitrogens with zero attached hydrogens (tertiary/aromatic N) is 1. The first-order chi connectivity index (χ1) is 9.90. The second-order valence-corrected chi connectivity index (χ2v) is 5.19. The molecular formula is C18H21NO. The topological polar surface area (TPSA) is 12.5 Å². The first-order valence-corrected chi connectivity index (χ1v) is 7.35. The first-order valence-electron chi connectivity index (χ1n) is 7.35. The van der Waals surface area contributed by atoms with Crippen molar-refractivity contribution >= 4 is 0 Å². The molecule has 1 aliphatic heterocycles. The predicted molar refractivity (Wildman–Crippen MR) is 81.6 cm³/mol. The Morgan fingerprint density at radius 2 is 1.55 bits per heavy atom. The van der Waals surface area contributed by atoms with E-state index in [-0.39, 0.29) is 6.10 Å². The van der Waals surface area contributed by atoms with Crippen molar-refractivity contribution in [2.45, 2.75) is 19.1 Å². The molecule has 0 bridgehead atoms. The molecule has 1 fully saturated rings. The van der Waals surface area contributed by atoms with E-state index in [0.29, 0.717) is 6.04 Å². The number of rotatable bonds is 3. The zero-order valence-electron chi connectivity index (χ0n) is 11.9. The number of benzene rings is 2. The minimum absolute atomic E-state index is 0.118. The summed E-state index contributed by atoms with van der Waals surface area (Å²) in [4.78, 5) is 2.51. The third-order valence-corrected chi connectivity index (χ3v) is 4.03. The van der Waals surface area contributed by atoms with Crippen LogP contribution in [-0.2, 0) is 4.74 Å². The Kier molecular flexibility index (Phi) is 4.14. The molecular weight excluding hydrogens is 246 g/mol. The summed E-state index contributed by atoms with van der Waals surface area (Å²) in [5, 5.41) is 0. The molecule has 3 rings (SSSR count). The largest absolute Gasteiger partial charge is 0.370 e. The van der Waals surface area contributed by atoms with E-state index in [1.54, 1.807) is 0 Å². The van der Waals surface area contributed by atoms with E-state index in [9.17, 15) is 0 Å². The van der Waals surface area contributed by atoms with E-state index >= 15 is 0 Å². The lowest BCUT2D eigenvalue weighted by Crippen LogP contribution is -2.41. The van der Waals surface area contributed by atoms with E-state index in [1.165, 1.54) is 11.1 Å². The summed E-state index contributed by atoms with van der Waals surface area (Å²) in [6.07, 6.45) is 0.118. The highest BCUT2D eigenvalue weighted by Crippen LogP contribution is 2.39. The van der Waals surface area contributed by atoms with Crippen LogP contribution in [0.5, 0.6) is 0 Å². The molecule has 104 valence electrons. The third-order valence-electron chi connectivity index (χ3n) is 4.03. The summed E-state index contributed by atoms with van der Waals surface area (Å²) >= 11 is 0. The average molecular weight is 267 g/mol. The van der Waals surface area contributed by atoms with Gasteiger partial charge in [0.1, 0.15) is 6.10 Å². The summed E-state index contributed by atoms with van der Waals surface area (Å²) in [6, 6.07) is 21.6. The number of morpholine rings is 1. The zero-order valence-corrected chi connectivity index (χ0v) is 11.9. The van der Waals surface area contributed by atoms with Gasteiger partial charge in [0, 0.05) is 6.54 Å². The van der Waals surface area contributed by atoms with Crippen LogP contribution in [0.3, 0.4) is 0 Å². The van der Waals surface area contributed by atoms with E-state index in [2.05, 4.69) is 72.5 Å². The number of ether oxygens (including phenoxy) is 1. The molecule has 0 N–H and O–H groups in total. The molecule has 0 aliphatic carbocycles. The summed E-state index contributed by atoms with van der Waals surface area (Å²) in [5.74, 6) is 0. The van der Waals surface area contributed by atoms with Gasteiger partial charge < -0.3 is 4.74 Å². The van der Waals surface area contributed by atoms with E-state index in [1.807, 2.05) is 0 Å². The molecule has 0 aromatic heterocycles. The van der Waals surface area contributed by atoms with Crippen LogP contribution in [0.25, 0.3) is 0 Å². The molecule has 0 radical (unpaired) electrons. The molecule has 2 atom stereocenters. The molecule has 0 saturated carbocycles. The third kappa shape index (κ3) is 2.62. The Morgan fingerprint density at radius 1 is 0.950 bits per heavy atom. The lowest BCUT2D eigenvalue weighted by molar-refractivity contribution is -0.0733. The van der Waals surface area contributed by atoms with Gasteiger partial charge in [-0.15, -0.1) is 0 Å². The highest BCUT2D eigenvalue weighted by Gasteiger charge is 2.33. The SMILES string of the molecule is CCN1CCO[C@@H](c2ccccc2)[C@@H]1c1ccccc1. The number of hydrogen-bond donors (Lipinski definition) is 0. The zero-order chi connectivity index (χ0) is 13.8. The van der Waals surface area contributed by atoms with Crippen LogP contribution < -0.4 is 0 Å². The van der Waals surface area contributed by atoms with Gasteiger partial charge >= 0.3 is 0 Å². The Morgan fingerprint density at radius 3 is 2.15 bits per heavy atom. The Hall–Kier alpha value is -1.64. The van der Waals surface area contributed by atoms with Gasteiger partial charge in [0.2, 0.25) is 0 Å². The Balaban J connectivity index is 1.98. The second kappa shape index (κ2) is 6.21. The average Bonchev–Trinajstić information content (AvgIpc) is 2.55. The molecule has 2 aromatic carbocycles. The lowest BCUT2D eigenvalue weighted by atomic mass is 9.93. The summed E-state index contributed by atoms with van der Waals surface area (Å²) < 4.78 is 6.12. The predicted octanol–water partition coefficient (Wildman–Crippen LogP) is 3.82. The van der Waals surface area contributed by atoms with Gasteiger partial charge in [0.25, 0.3) is 0 Å². The quantitative estimate of drug-likeness (QED) is 0.838. The second-order valence-electron chi connectivity index (χ2n) is 5.19. The molecule has 0 amide bonds. The standard InChI is InChI=1S/C18H21NO/c1-2-19-13-14-20-18(16-11-7-4-8-12-16)17(19)15-9-5-3-6-10-15/h3-12,17-18H,2,13-14H2,1H3/t17-,18-/m0/s1. The summed E-state index contributed by atoms with van der Waals surface area (Å²) in [6.45, 7) is 5.08. The molecule has 0 unspecified atom stereocenters. The van der Waals surface area contributed by atoms with E-state index in [4.69, 9.17) is 4.74 Å². The van der Waals surface area contributed by atoms with Crippen LogP contribution in [0.4, 0.5) is 0 Å². The first kappa shape index (κ1) is 13.3.